The highest BCUT2D eigenvalue weighted by Crippen LogP contribution is 2.08. The van der Waals surface area contributed by atoms with Crippen molar-refractivity contribution in [3.05, 3.63) is 66.1 Å². The van der Waals surface area contributed by atoms with Crippen LogP contribution >= 0.6 is 0 Å². The molecule has 0 bridgehead atoms. The summed E-state index contributed by atoms with van der Waals surface area (Å²) in [7, 11) is 1.60. The van der Waals surface area contributed by atoms with E-state index in [0.29, 0.717) is 5.88 Å². The Kier molecular flexibility index (Phi) is 4.25. The minimum absolute atomic E-state index is 0.621. The van der Waals surface area contributed by atoms with E-state index in [1.807, 2.05) is 54.6 Å². The second-order valence-corrected chi connectivity index (χ2v) is 3.61. The SMILES string of the molecule is COc1ccc(/C=C/C=C/c2ccccn2)cn1. The zero-order valence-corrected chi connectivity index (χ0v) is 10.2. The predicted octanol–water partition coefficient (Wildman–Crippen LogP) is 3.21. The van der Waals surface area contributed by atoms with Gasteiger partial charge in [0.25, 0.3) is 0 Å². The van der Waals surface area contributed by atoms with Crippen LogP contribution in [0.3, 0.4) is 0 Å². The van der Waals surface area contributed by atoms with Gasteiger partial charge in [-0.25, -0.2) is 4.98 Å². The van der Waals surface area contributed by atoms with Gasteiger partial charge in [0.2, 0.25) is 5.88 Å². The van der Waals surface area contributed by atoms with Crippen molar-refractivity contribution in [1.82, 2.24) is 9.97 Å². The summed E-state index contributed by atoms with van der Waals surface area (Å²) >= 11 is 0. The number of ether oxygens (including phenoxy) is 1. The largest absolute Gasteiger partial charge is 0.481 e. The molecule has 2 heterocycles. The number of pyridine rings is 2. The highest BCUT2D eigenvalue weighted by atomic mass is 16.5. The molecule has 0 radical (unpaired) electrons. The molecule has 0 fully saturated rings. The molecule has 3 nitrogen and oxygen atoms in total. The first-order chi connectivity index (χ1) is 8.88. The molecule has 0 unspecified atom stereocenters. The van der Waals surface area contributed by atoms with Crippen molar-refractivity contribution >= 4 is 12.2 Å². The van der Waals surface area contributed by atoms with Crippen LogP contribution in [0.25, 0.3) is 12.2 Å². The minimum Gasteiger partial charge on any atom is -0.481 e. The van der Waals surface area contributed by atoms with Crippen LogP contribution in [0.1, 0.15) is 11.3 Å². The normalized spacial score (nSPS) is 11.2. The molecule has 0 aliphatic heterocycles. The zero-order valence-electron chi connectivity index (χ0n) is 10.2. The van der Waals surface area contributed by atoms with Gasteiger partial charge in [0.05, 0.1) is 12.8 Å². The van der Waals surface area contributed by atoms with Crippen molar-refractivity contribution in [3.63, 3.8) is 0 Å². The molecule has 0 amide bonds. The van der Waals surface area contributed by atoms with Gasteiger partial charge in [0, 0.05) is 18.5 Å². The van der Waals surface area contributed by atoms with Gasteiger partial charge < -0.3 is 4.74 Å². The topological polar surface area (TPSA) is 35.0 Å². The lowest BCUT2D eigenvalue weighted by Gasteiger charge is -1.97. The van der Waals surface area contributed by atoms with Crippen LogP contribution in [0.5, 0.6) is 5.88 Å². The van der Waals surface area contributed by atoms with Gasteiger partial charge in [-0.3, -0.25) is 4.98 Å². The van der Waals surface area contributed by atoms with Gasteiger partial charge in [-0.2, -0.15) is 0 Å². The molecule has 0 aliphatic carbocycles. The Morgan fingerprint density at radius 3 is 2.56 bits per heavy atom. The Bertz CT molecular complexity index is 530. The molecule has 2 aromatic rings. The number of nitrogens with zero attached hydrogens (tertiary/aromatic N) is 2. The lowest BCUT2D eigenvalue weighted by atomic mass is 10.2. The van der Waals surface area contributed by atoms with Crippen LogP contribution < -0.4 is 4.74 Å². The van der Waals surface area contributed by atoms with E-state index in [-0.39, 0.29) is 0 Å². The van der Waals surface area contributed by atoms with Gasteiger partial charge in [-0.05, 0) is 29.8 Å². The zero-order chi connectivity index (χ0) is 12.6. The van der Waals surface area contributed by atoms with E-state index in [9.17, 15) is 0 Å². The van der Waals surface area contributed by atoms with E-state index in [1.165, 1.54) is 0 Å². The fraction of sp³-hybridized carbons (Fsp3) is 0.0667. The summed E-state index contributed by atoms with van der Waals surface area (Å²) in [6.45, 7) is 0. The lowest BCUT2D eigenvalue weighted by Crippen LogP contribution is -1.86. The van der Waals surface area contributed by atoms with Gasteiger partial charge >= 0.3 is 0 Å². The Morgan fingerprint density at radius 1 is 1.00 bits per heavy atom. The monoisotopic (exact) mass is 238 g/mol. The third kappa shape index (κ3) is 3.56. The summed E-state index contributed by atoms with van der Waals surface area (Å²) in [5.74, 6) is 0.621. The smallest absolute Gasteiger partial charge is 0.212 e. The van der Waals surface area contributed by atoms with E-state index in [4.69, 9.17) is 4.74 Å². The molecule has 0 N–H and O–H groups in total. The number of allylic oxidation sites excluding steroid dienone is 2. The maximum Gasteiger partial charge on any atom is 0.212 e. The summed E-state index contributed by atoms with van der Waals surface area (Å²) < 4.78 is 5.00. The standard InChI is InChI=1S/C15H14N2O/c1-18-15-10-9-13(12-17-15)6-2-3-7-14-8-4-5-11-16-14/h2-12H,1H3/b6-2+,7-3+. The molecule has 0 aromatic carbocycles. The third-order valence-corrected chi connectivity index (χ3v) is 2.32. The average molecular weight is 238 g/mol. The van der Waals surface area contributed by atoms with Crippen LogP contribution in [0.2, 0.25) is 0 Å². The fourth-order valence-corrected chi connectivity index (χ4v) is 1.41. The summed E-state index contributed by atoms with van der Waals surface area (Å²) in [6.07, 6.45) is 11.4. The van der Waals surface area contributed by atoms with Crippen LogP contribution in [-0.2, 0) is 0 Å². The molecule has 2 aromatic heterocycles. The van der Waals surface area contributed by atoms with Crippen molar-refractivity contribution in [1.29, 1.82) is 0 Å². The minimum atomic E-state index is 0.621. The maximum absolute atomic E-state index is 5.00. The number of methoxy groups -OCH3 is 1. The van der Waals surface area contributed by atoms with Gasteiger partial charge in [0.1, 0.15) is 0 Å². The Labute approximate surface area is 106 Å². The van der Waals surface area contributed by atoms with E-state index in [2.05, 4.69) is 9.97 Å². The summed E-state index contributed by atoms with van der Waals surface area (Å²) in [5, 5.41) is 0. The number of rotatable bonds is 4. The quantitative estimate of drug-likeness (QED) is 0.767. The highest BCUT2D eigenvalue weighted by molar-refractivity contribution is 5.55. The van der Waals surface area contributed by atoms with E-state index < -0.39 is 0 Å². The van der Waals surface area contributed by atoms with E-state index in [0.717, 1.165) is 11.3 Å². The van der Waals surface area contributed by atoms with Crippen molar-refractivity contribution < 1.29 is 4.74 Å². The lowest BCUT2D eigenvalue weighted by molar-refractivity contribution is 0.398. The van der Waals surface area contributed by atoms with Crippen LogP contribution in [0, 0.1) is 0 Å². The molecule has 18 heavy (non-hydrogen) atoms. The van der Waals surface area contributed by atoms with E-state index >= 15 is 0 Å². The summed E-state index contributed by atoms with van der Waals surface area (Å²) in [6, 6.07) is 9.61. The molecule has 0 saturated carbocycles. The first-order valence-electron chi connectivity index (χ1n) is 5.64. The summed E-state index contributed by atoms with van der Waals surface area (Å²) in [4.78, 5) is 8.32. The molecular formula is C15H14N2O. The fourth-order valence-electron chi connectivity index (χ4n) is 1.41. The number of hydrogen-bond acceptors (Lipinski definition) is 3. The molecular weight excluding hydrogens is 224 g/mol. The predicted molar refractivity (Wildman–Crippen MR) is 73.1 cm³/mol. The van der Waals surface area contributed by atoms with Gasteiger partial charge in [0.15, 0.2) is 0 Å². The Hall–Kier alpha value is -2.42. The summed E-state index contributed by atoms with van der Waals surface area (Å²) in [5.41, 5.74) is 1.97. The molecule has 3 heteroatoms. The van der Waals surface area contributed by atoms with Crippen molar-refractivity contribution in [2.75, 3.05) is 7.11 Å². The average Bonchev–Trinajstić information content (AvgIpc) is 2.45. The van der Waals surface area contributed by atoms with Crippen LogP contribution in [-0.4, -0.2) is 17.1 Å². The molecule has 0 aliphatic rings. The molecule has 0 spiro atoms. The highest BCUT2D eigenvalue weighted by Gasteiger charge is 1.90. The van der Waals surface area contributed by atoms with Crippen molar-refractivity contribution in [2.45, 2.75) is 0 Å². The van der Waals surface area contributed by atoms with Crippen molar-refractivity contribution in [3.8, 4) is 5.88 Å². The molecule has 0 saturated heterocycles. The van der Waals surface area contributed by atoms with Gasteiger partial charge in [-0.1, -0.05) is 24.3 Å². The Balaban J connectivity index is 1.96. The van der Waals surface area contributed by atoms with Crippen LogP contribution in [0.15, 0.2) is 54.9 Å². The Morgan fingerprint density at radius 2 is 1.89 bits per heavy atom. The molecule has 0 atom stereocenters. The maximum atomic E-state index is 5.00. The number of hydrogen-bond donors (Lipinski definition) is 0. The second kappa shape index (κ2) is 6.35. The number of aromatic nitrogens is 2. The third-order valence-electron chi connectivity index (χ3n) is 2.32. The second-order valence-electron chi connectivity index (χ2n) is 3.61. The van der Waals surface area contributed by atoms with Crippen LogP contribution in [0.4, 0.5) is 0 Å². The molecule has 90 valence electrons. The first kappa shape index (κ1) is 12.0. The first-order valence-corrected chi connectivity index (χ1v) is 5.64. The van der Waals surface area contributed by atoms with Gasteiger partial charge in [-0.15, -0.1) is 0 Å². The van der Waals surface area contributed by atoms with E-state index in [1.54, 1.807) is 19.5 Å². The van der Waals surface area contributed by atoms with Crippen molar-refractivity contribution in [2.24, 2.45) is 0 Å². The molecule has 2 rings (SSSR count).